The first-order valence-electron chi connectivity index (χ1n) is 6.53. The van der Waals surface area contributed by atoms with Gasteiger partial charge in [0.15, 0.2) is 0 Å². The van der Waals surface area contributed by atoms with Crippen LogP contribution in [0.3, 0.4) is 0 Å². The second-order valence-electron chi connectivity index (χ2n) is 4.92. The Morgan fingerprint density at radius 2 is 2.30 bits per heavy atom. The Labute approximate surface area is 116 Å². The number of nitrogen functional groups attached to an aromatic ring is 1. The van der Waals surface area contributed by atoms with Crippen LogP contribution in [0.5, 0.6) is 0 Å². The number of nitrogens with two attached hydrogens (primary N) is 1. The van der Waals surface area contributed by atoms with Gasteiger partial charge >= 0.3 is 0 Å². The second kappa shape index (κ2) is 6.02. The van der Waals surface area contributed by atoms with E-state index in [1.54, 1.807) is 11.1 Å². The number of carbonyl (C=O) groups is 2. The number of hydrogen-bond donors (Lipinski definition) is 3. The number of β-amino-alcohol motifs (C(OH)–C–C–N with tert-alkyl or cyclic N) is 1. The molecule has 0 saturated carbocycles. The molecule has 2 atom stereocenters. The monoisotopic (exact) mass is 281 g/mol. The standard InChI is InChI=1S/C12H19N5O3/c1-2-10-12(20)15-11(19)7-16(10)5-9(18)6-17-4-8(13)3-14-17/h3-4,9-10,18H,2,5-7,13H2,1H3,(H,15,19,20). The summed E-state index contributed by atoms with van der Waals surface area (Å²) in [5.41, 5.74) is 6.07. The third kappa shape index (κ3) is 3.34. The van der Waals surface area contributed by atoms with E-state index in [2.05, 4.69) is 10.4 Å². The highest BCUT2D eigenvalue weighted by Crippen LogP contribution is 2.10. The zero-order chi connectivity index (χ0) is 14.7. The van der Waals surface area contributed by atoms with Gasteiger partial charge < -0.3 is 10.8 Å². The van der Waals surface area contributed by atoms with Crippen molar-refractivity contribution in [1.29, 1.82) is 0 Å². The van der Waals surface area contributed by atoms with E-state index in [4.69, 9.17) is 5.73 Å². The van der Waals surface area contributed by atoms with Gasteiger partial charge in [-0.25, -0.2) is 0 Å². The number of amides is 2. The minimum Gasteiger partial charge on any atom is -0.396 e. The highest BCUT2D eigenvalue weighted by molar-refractivity contribution is 6.01. The van der Waals surface area contributed by atoms with Gasteiger partial charge in [0, 0.05) is 12.7 Å². The molecule has 1 aliphatic rings. The number of nitrogens with zero attached hydrogens (tertiary/aromatic N) is 3. The number of aromatic nitrogens is 2. The molecule has 1 saturated heterocycles. The molecule has 0 spiro atoms. The van der Waals surface area contributed by atoms with Crippen LogP contribution in [-0.4, -0.2) is 56.8 Å². The van der Waals surface area contributed by atoms with Gasteiger partial charge in [-0.3, -0.25) is 24.5 Å². The lowest BCUT2D eigenvalue weighted by molar-refractivity contribution is -0.141. The van der Waals surface area contributed by atoms with Crippen LogP contribution in [-0.2, 0) is 16.1 Å². The molecule has 20 heavy (non-hydrogen) atoms. The molecular weight excluding hydrogens is 262 g/mol. The Bertz CT molecular complexity index is 501. The summed E-state index contributed by atoms with van der Waals surface area (Å²) in [6.45, 7) is 2.48. The summed E-state index contributed by atoms with van der Waals surface area (Å²) < 4.78 is 1.53. The van der Waals surface area contributed by atoms with Crippen molar-refractivity contribution < 1.29 is 14.7 Å². The molecule has 1 fully saturated rings. The lowest BCUT2D eigenvalue weighted by Gasteiger charge is -2.34. The zero-order valence-corrected chi connectivity index (χ0v) is 11.3. The van der Waals surface area contributed by atoms with E-state index >= 15 is 0 Å². The van der Waals surface area contributed by atoms with Crippen LogP contribution < -0.4 is 11.1 Å². The maximum Gasteiger partial charge on any atom is 0.243 e. The predicted octanol–water partition coefficient (Wildman–Crippen LogP) is -1.44. The molecule has 1 aliphatic heterocycles. The van der Waals surface area contributed by atoms with E-state index in [0.29, 0.717) is 12.1 Å². The summed E-state index contributed by atoms with van der Waals surface area (Å²) in [6, 6.07) is -0.384. The molecular formula is C12H19N5O3. The first-order chi connectivity index (χ1) is 9.49. The molecule has 2 amide bonds. The maximum absolute atomic E-state index is 11.7. The highest BCUT2D eigenvalue weighted by atomic mass is 16.3. The normalized spacial score (nSPS) is 21.8. The molecule has 1 aromatic heterocycles. The lowest BCUT2D eigenvalue weighted by Crippen LogP contribution is -2.59. The van der Waals surface area contributed by atoms with Crippen LogP contribution in [0.1, 0.15) is 13.3 Å². The average molecular weight is 281 g/mol. The van der Waals surface area contributed by atoms with Crippen molar-refractivity contribution in [2.75, 3.05) is 18.8 Å². The van der Waals surface area contributed by atoms with Crippen LogP contribution in [0, 0.1) is 0 Å². The van der Waals surface area contributed by atoms with Gasteiger partial charge in [0.05, 0.1) is 37.1 Å². The maximum atomic E-state index is 11.7. The SMILES string of the molecule is CCC1C(=O)NC(=O)CN1CC(O)Cn1cc(N)cn1. The van der Waals surface area contributed by atoms with Gasteiger partial charge in [-0.1, -0.05) is 6.92 Å². The number of piperazine rings is 1. The second-order valence-corrected chi connectivity index (χ2v) is 4.92. The minimum absolute atomic E-state index is 0.114. The Morgan fingerprint density at radius 1 is 1.55 bits per heavy atom. The topological polar surface area (TPSA) is 113 Å². The van der Waals surface area contributed by atoms with Crippen LogP contribution in [0.4, 0.5) is 5.69 Å². The molecule has 8 heteroatoms. The number of hydrogen-bond acceptors (Lipinski definition) is 6. The largest absolute Gasteiger partial charge is 0.396 e. The Hall–Kier alpha value is -1.93. The molecule has 8 nitrogen and oxygen atoms in total. The van der Waals surface area contributed by atoms with Gasteiger partial charge in [0.2, 0.25) is 11.8 Å². The number of aliphatic hydroxyl groups is 1. The van der Waals surface area contributed by atoms with Gasteiger partial charge in [-0.15, -0.1) is 0 Å². The van der Waals surface area contributed by atoms with Gasteiger partial charge in [-0.2, -0.15) is 5.10 Å². The molecule has 4 N–H and O–H groups in total. The van der Waals surface area contributed by atoms with E-state index in [-0.39, 0.29) is 37.5 Å². The van der Waals surface area contributed by atoms with Crippen LogP contribution in [0.25, 0.3) is 0 Å². The molecule has 0 bridgehead atoms. The Kier molecular flexibility index (Phi) is 4.35. The fourth-order valence-electron chi connectivity index (χ4n) is 2.38. The first-order valence-corrected chi connectivity index (χ1v) is 6.53. The van der Waals surface area contributed by atoms with E-state index in [1.807, 2.05) is 6.92 Å². The quantitative estimate of drug-likeness (QED) is 0.570. The van der Waals surface area contributed by atoms with Crippen molar-refractivity contribution in [3.63, 3.8) is 0 Å². The number of imide groups is 1. The van der Waals surface area contributed by atoms with Crippen molar-refractivity contribution in [2.24, 2.45) is 0 Å². The van der Waals surface area contributed by atoms with Crippen molar-refractivity contribution in [3.05, 3.63) is 12.4 Å². The number of carbonyl (C=O) groups excluding carboxylic acids is 2. The summed E-state index contributed by atoms with van der Waals surface area (Å²) in [7, 11) is 0. The van der Waals surface area contributed by atoms with Crippen LogP contribution in [0.15, 0.2) is 12.4 Å². The summed E-state index contributed by atoms with van der Waals surface area (Å²) in [4.78, 5) is 24.8. The van der Waals surface area contributed by atoms with E-state index < -0.39 is 6.10 Å². The Morgan fingerprint density at radius 3 is 2.90 bits per heavy atom. The molecule has 2 heterocycles. The first kappa shape index (κ1) is 14.5. The van der Waals surface area contributed by atoms with Gasteiger partial charge in [0.1, 0.15) is 0 Å². The fourth-order valence-corrected chi connectivity index (χ4v) is 2.38. The summed E-state index contributed by atoms with van der Waals surface area (Å²) in [5.74, 6) is -0.644. The summed E-state index contributed by atoms with van der Waals surface area (Å²) in [5, 5.41) is 16.3. The van der Waals surface area contributed by atoms with Gasteiger partial charge in [0.25, 0.3) is 0 Å². The predicted molar refractivity (Wildman–Crippen MR) is 71.4 cm³/mol. The molecule has 1 aromatic rings. The third-order valence-corrected chi connectivity index (χ3v) is 3.24. The summed E-state index contributed by atoms with van der Waals surface area (Å²) in [6.07, 6.45) is 2.97. The van der Waals surface area contributed by atoms with Crippen molar-refractivity contribution in [3.8, 4) is 0 Å². The molecule has 110 valence electrons. The third-order valence-electron chi connectivity index (χ3n) is 3.24. The molecule has 0 aliphatic carbocycles. The van der Waals surface area contributed by atoms with E-state index in [0.717, 1.165) is 0 Å². The van der Waals surface area contributed by atoms with Crippen molar-refractivity contribution >= 4 is 17.5 Å². The number of nitrogens with one attached hydrogen (secondary N) is 1. The fraction of sp³-hybridized carbons (Fsp3) is 0.583. The molecule has 0 radical (unpaired) electrons. The highest BCUT2D eigenvalue weighted by Gasteiger charge is 2.33. The Balaban J connectivity index is 1.96. The molecule has 2 unspecified atom stereocenters. The van der Waals surface area contributed by atoms with Crippen LogP contribution in [0.2, 0.25) is 0 Å². The van der Waals surface area contributed by atoms with Crippen molar-refractivity contribution in [1.82, 2.24) is 20.0 Å². The van der Waals surface area contributed by atoms with Gasteiger partial charge in [-0.05, 0) is 6.42 Å². The number of anilines is 1. The van der Waals surface area contributed by atoms with E-state index in [9.17, 15) is 14.7 Å². The average Bonchev–Trinajstić information content (AvgIpc) is 2.74. The molecule has 2 rings (SSSR count). The molecule has 0 aromatic carbocycles. The van der Waals surface area contributed by atoms with Crippen molar-refractivity contribution in [2.45, 2.75) is 32.0 Å². The zero-order valence-electron chi connectivity index (χ0n) is 11.3. The van der Waals surface area contributed by atoms with Crippen LogP contribution >= 0.6 is 0 Å². The van der Waals surface area contributed by atoms with E-state index in [1.165, 1.54) is 10.9 Å². The smallest absolute Gasteiger partial charge is 0.243 e. The summed E-state index contributed by atoms with van der Waals surface area (Å²) >= 11 is 0. The number of aliphatic hydroxyl groups excluding tert-OH is 1. The lowest BCUT2D eigenvalue weighted by atomic mass is 10.1. The number of rotatable bonds is 5. The minimum atomic E-state index is -0.734.